The quantitative estimate of drug-likeness (QED) is 0.903. The van der Waals surface area contributed by atoms with Gasteiger partial charge >= 0.3 is 0 Å². The van der Waals surface area contributed by atoms with Gasteiger partial charge in [-0.2, -0.15) is 0 Å². The normalized spacial score (nSPS) is 28.8. The molecule has 2 aliphatic heterocycles. The molecule has 2 unspecified atom stereocenters. The molecule has 3 aliphatic rings. The molecular weight excluding hydrogens is 286 g/mol. The van der Waals surface area contributed by atoms with Crippen molar-refractivity contribution in [3.63, 3.8) is 0 Å². The molecule has 1 saturated carbocycles. The number of benzene rings is 1. The van der Waals surface area contributed by atoms with Gasteiger partial charge in [-0.05, 0) is 43.2 Å². The Balaban J connectivity index is 1.24. The Hall–Kier alpha value is -1.39. The summed E-state index contributed by atoms with van der Waals surface area (Å²) in [5.41, 5.74) is 7.54. The maximum absolute atomic E-state index is 12.2. The zero-order chi connectivity index (χ0) is 15.8. The van der Waals surface area contributed by atoms with E-state index in [1.54, 1.807) is 0 Å². The van der Waals surface area contributed by atoms with Crippen molar-refractivity contribution in [2.75, 3.05) is 32.7 Å². The summed E-state index contributed by atoms with van der Waals surface area (Å²) in [5.74, 6) is 2.17. The summed E-state index contributed by atoms with van der Waals surface area (Å²) < 4.78 is 0. The van der Waals surface area contributed by atoms with Crippen LogP contribution in [0.1, 0.15) is 30.9 Å². The number of rotatable bonds is 5. The second kappa shape index (κ2) is 6.25. The summed E-state index contributed by atoms with van der Waals surface area (Å²) in [5, 5.41) is 0. The van der Waals surface area contributed by atoms with Crippen molar-refractivity contribution in [3.05, 3.63) is 35.9 Å². The second-order valence-electron chi connectivity index (χ2n) is 7.60. The second-order valence-corrected chi connectivity index (χ2v) is 7.60. The van der Waals surface area contributed by atoms with Crippen LogP contribution in [0.5, 0.6) is 0 Å². The molecule has 0 bridgehead atoms. The number of nitrogens with two attached hydrogens (primary N) is 1. The molecule has 124 valence electrons. The average Bonchev–Trinajstić information content (AvgIpc) is 3.24. The molecule has 23 heavy (non-hydrogen) atoms. The maximum Gasteiger partial charge on any atom is 0.225 e. The van der Waals surface area contributed by atoms with E-state index >= 15 is 0 Å². The molecule has 1 aliphatic carbocycles. The van der Waals surface area contributed by atoms with Crippen LogP contribution in [0.2, 0.25) is 0 Å². The Morgan fingerprint density at radius 3 is 2.35 bits per heavy atom. The van der Waals surface area contributed by atoms with Crippen LogP contribution in [-0.4, -0.2) is 48.4 Å². The van der Waals surface area contributed by atoms with E-state index in [2.05, 4.69) is 34.1 Å². The first-order chi connectivity index (χ1) is 11.2. The minimum Gasteiger partial charge on any atom is -0.342 e. The molecule has 1 amide bonds. The first-order valence-corrected chi connectivity index (χ1v) is 9.02. The zero-order valence-corrected chi connectivity index (χ0v) is 13.7. The van der Waals surface area contributed by atoms with Crippen molar-refractivity contribution < 1.29 is 4.79 Å². The third-order valence-electron chi connectivity index (χ3n) is 5.78. The lowest BCUT2D eigenvalue weighted by molar-refractivity contribution is -0.131. The van der Waals surface area contributed by atoms with E-state index in [1.165, 1.54) is 5.56 Å². The summed E-state index contributed by atoms with van der Waals surface area (Å²) >= 11 is 0. The van der Waals surface area contributed by atoms with E-state index in [0.29, 0.717) is 23.7 Å². The fourth-order valence-electron chi connectivity index (χ4n) is 4.23. The van der Waals surface area contributed by atoms with Crippen LogP contribution < -0.4 is 5.73 Å². The standard InChI is InChI=1S/C19H27N3O/c20-18(14-4-2-1-3-5-14)8-9-21-10-16-12-22(13-17(16)11-21)19(23)15-6-7-15/h1-5,15-18H,6-13,20H2/t16?,17?,18-/m0/s1. The zero-order valence-electron chi connectivity index (χ0n) is 13.7. The van der Waals surface area contributed by atoms with Gasteiger partial charge in [-0.25, -0.2) is 0 Å². The molecule has 0 aromatic heterocycles. The molecule has 2 N–H and O–H groups in total. The molecule has 4 nitrogen and oxygen atoms in total. The highest BCUT2D eigenvalue weighted by atomic mass is 16.2. The lowest BCUT2D eigenvalue weighted by Gasteiger charge is -2.23. The van der Waals surface area contributed by atoms with E-state index in [-0.39, 0.29) is 6.04 Å². The number of amides is 1. The van der Waals surface area contributed by atoms with Crippen molar-refractivity contribution >= 4 is 5.91 Å². The van der Waals surface area contributed by atoms with E-state index in [4.69, 9.17) is 5.73 Å². The minimum atomic E-state index is 0.129. The Kier molecular flexibility index (Phi) is 4.12. The van der Waals surface area contributed by atoms with Gasteiger partial charge in [-0.15, -0.1) is 0 Å². The van der Waals surface area contributed by atoms with Crippen LogP contribution in [0.25, 0.3) is 0 Å². The van der Waals surface area contributed by atoms with Gasteiger partial charge in [0.1, 0.15) is 0 Å². The molecule has 2 saturated heterocycles. The van der Waals surface area contributed by atoms with Crippen LogP contribution >= 0.6 is 0 Å². The average molecular weight is 313 g/mol. The Bertz CT molecular complexity index is 543. The van der Waals surface area contributed by atoms with Gasteiger partial charge in [0.2, 0.25) is 5.91 Å². The van der Waals surface area contributed by atoms with Gasteiger partial charge in [0.05, 0.1) is 0 Å². The van der Waals surface area contributed by atoms with Crippen LogP contribution in [0.15, 0.2) is 30.3 Å². The lowest BCUT2D eigenvalue weighted by atomic mass is 10.0. The summed E-state index contributed by atoms with van der Waals surface area (Å²) in [4.78, 5) is 16.9. The molecule has 4 heteroatoms. The van der Waals surface area contributed by atoms with Gasteiger partial charge in [-0.3, -0.25) is 4.79 Å². The van der Waals surface area contributed by atoms with Crippen molar-refractivity contribution in [1.29, 1.82) is 0 Å². The van der Waals surface area contributed by atoms with Gasteiger partial charge in [0.25, 0.3) is 0 Å². The highest BCUT2D eigenvalue weighted by Gasteiger charge is 2.44. The minimum absolute atomic E-state index is 0.129. The predicted octanol–water partition coefficient (Wildman–Crippen LogP) is 1.88. The number of carbonyl (C=O) groups excluding carboxylic acids is 1. The molecule has 2 heterocycles. The summed E-state index contributed by atoms with van der Waals surface area (Å²) in [6.45, 7) is 5.32. The Labute approximate surface area is 138 Å². The van der Waals surface area contributed by atoms with E-state index in [0.717, 1.165) is 52.0 Å². The first-order valence-electron chi connectivity index (χ1n) is 9.02. The molecular formula is C19H27N3O. The first kappa shape index (κ1) is 15.2. The fourth-order valence-corrected chi connectivity index (χ4v) is 4.23. The SMILES string of the molecule is N[C@@H](CCN1CC2CN(C(=O)C3CC3)CC2C1)c1ccccc1. The lowest BCUT2D eigenvalue weighted by Crippen LogP contribution is -2.34. The highest BCUT2D eigenvalue weighted by Crippen LogP contribution is 2.36. The number of hydrogen-bond acceptors (Lipinski definition) is 3. The molecule has 1 aromatic carbocycles. The predicted molar refractivity (Wildman–Crippen MR) is 90.7 cm³/mol. The molecule has 4 rings (SSSR count). The fraction of sp³-hybridized carbons (Fsp3) is 0.632. The number of fused-ring (bicyclic) bond motifs is 1. The van der Waals surface area contributed by atoms with Gasteiger partial charge < -0.3 is 15.5 Å². The monoisotopic (exact) mass is 313 g/mol. The summed E-state index contributed by atoms with van der Waals surface area (Å²) in [6.07, 6.45) is 3.25. The van der Waals surface area contributed by atoms with Crippen molar-refractivity contribution in [1.82, 2.24) is 9.80 Å². The number of hydrogen-bond donors (Lipinski definition) is 1. The highest BCUT2D eigenvalue weighted by molar-refractivity contribution is 5.81. The van der Waals surface area contributed by atoms with Gasteiger partial charge in [-0.1, -0.05) is 30.3 Å². The third-order valence-corrected chi connectivity index (χ3v) is 5.78. The molecule has 3 fully saturated rings. The topological polar surface area (TPSA) is 49.6 Å². The molecule has 3 atom stereocenters. The Morgan fingerprint density at radius 2 is 1.74 bits per heavy atom. The third kappa shape index (κ3) is 3.29. The van der Waals surface area contributed by atoms with Crippen molar-refractivity contribution in [2.24, 2.45) is 23.5 Å². The largest absolute Gasteiger partial charge is 0.342 e. The van der Waals surface area contributed by atoms with Crippen LogP contribution in [0.3, 0.4) is 0 Å². The van der Waals surface area contributed by atoms with E-state index in [1.807, 2.05) is 6.07 Å². The summed E-state index contributed by atoms with van der Waals surface area (Å²) in [7, 11) is 0. The van der Waals surface area contributed by atoms with Crippen LogP contribution in [0, 0.1) is 17.8 Å². The maximum atomic E-state index is 12.2. The summed E-state index contributed by atoms with van der Waals surface area (Å²) in [6, 6.07) is 10.5. The van der Waals surface area contributed by atoms with Crippen molar-refractivity contribution in [2.45, 2.75) is 25.3 Å². The van der Waals surface area contributed by atoms with Crippen molar-refractivity contribution in [3.8, 4) is 0 Å². The van der Waals surface area contributed by atoms with Crippen LogP contribution in [-0.2, 0) is 4.79 Å². The molecule has 1 aromatic rings. The van der Waals surface area contributed by atoms with Gasteiger partial charge in [0.15, 0.2) is 0 Å². The van der Waals surface area contributed by atoms with E-state index in [9.17, 15) is 4.79 Å². The van der Waals surface area contributed by atoms with Gasteiger partial charge in [0, 0.05) is 38.1 Å². The number of carbonyl (C=O) groups is 1. The molecule has 0 spiro atoms. The number of nitrogens with zero attached hydrogens (tertiary/aromatic N) is 2. The van der Waals surface area contributed by atoms with E-state index < -0.39 is 0 Å². The smallest absolute Gasteiger partial charge is 0.225 e. The van der Waals surface area contributed by atoms with Crippen LogP contribution in [0.4, 0.5) is 0 Å². The Morgan fingerprint density at radius 1 is 1.09 bits per heavy atom. The molecule has 0 radical (unpaired) electrons. The number of likely N-dealkylation sites (tertiary alicyclic amines) is 2.